The summed E-state index contributed by atoms with van der Waals surface area (Å²) in [5, 5.41) is 16.1. The number of benzene rings is 1. The third-order valence-electron chi connectivity index (χ3n) is 2.52. The van der Waals surface area contributed by atoms with Gasteiger partial charge in [0.1, 0.15) is 6.42 Å². The Morgan fingerprint density at radius 1 is 1.28 bits per heavy atom. The molecule has 0 fully saturated rings. The van der Waals surface area contributed by atoms with Gasteiger partial charge >= 0.3 is 5.97 Å². The maximum absolute atomic E-state index is 10.5. The van der Waals surface area contributed by atoms with Crippen LogP contribution in [0.4, 0.5) is 0 Å². The average Bonchev–Trinajstić information content (AvgIpc) is 2.73. The summed E-state index contributed by atoms with van der Waals surface area (Å²) in [5.74, 6) is -0.335. The molecule has 1 N–H and O–H groups in total. The van der Waals surface area contributed by atoms with Crippen molar-refractivity contribution in [1.29, 1.82) is 0 Å². The fraction of sp³-hybridized carbons (Fsp3) is 0.308. The number of aliphatic carboxylic acids is 1. The first kappa shape index (κ1) is 12.3. The zero-order chi connectivity index (χ0) is 13.0. The Bertz CT molecular complexity index is 549. The second-order valence-corrected chi connectivity index (χ2v) is 4.15. The van der Waals surface area contributed by atoms with Crippen LogP contribution in [0.5, 0.6) is 0 Å². The topological polar surface area (TPSA) is 76.2 Å². The van der Waals surface area contributed by atoms with Crippen molar-refractivity contribution in [3.63, 3.8) is 0 Å². The number of rotatable bonds is 5. The number of carboxylic acid groups (broad SMARTS) is 1. The third kappa shape index (κ3) is 3.41. The molecular formula is C13H14N2O3. The van der Waals surface area contributed by atoms with Gasteiger partial charge in [-0.15, -0.1) is 10.2 Å². The molecule has 1 heterocycles. The van der Waals surface area contributed by atoms with E-state index in [1.165, 1.54) is 11.1 Å². The molecule has 0 aliphatic carbocycles. The number of hydrogen-bond donors (Lipinski definition) is 1. The van der Waals surface area contributed by atoms with Gasteiger partial charge in [0.25, 0.3) is 0 Å². The van der Waals surface area contributed by atoms with Crippen LogP contribution in [0.3, 0.4) is 0 Å². The van der Waals surface area contributed by atoms with Gasteiger partial charge in [-0.2, -0.15) is 0 Å². The van der Waals surface area contributed by atoms with Crippen molar-refractivity contribution in [2.24, 2.45) is 0 Å². The van der Waals surface area contributed by atoms with Gasteiger partial charge in [-0.05, 0) is 18.9 Å². The molecule has 2 aromatic rings. The molecule has 1 aromatic heterocycles. The zero-order valence-corrected chi connectivity index (χ0v) is 10.1. The number of carboxylic acids is 1. The predicted octanol–water partition coefficient (Wildman–Crippen LogP) is 1.79. The largest absolute Gasteiger partial charge is 0.481 e. The number of nitrogens with zero attached hydrogens (tertiary/aromatic N) is 2. The van der Waals surface area contributed by atoms with E-state index in [-0.39, 0.29) is 12.3 Å². The molecule has 2 rings (SSSR count). The van der Waals surface area contributed by atoms with Crippen molar-refractivity contribution in [3.05, 3.63) is 47.2 Å². The minimum atomic E-state index is -0.969. The van der Waals surface area contributed by atoms with Gasteiger partial charge in [0, 0.05) is 6.42 Å². The second-order valence-electron chi connectivity index (χ2n) is 4.15. The number of aryl methyl sites for hydroxylation is 3. The van der Waals surface area contributed by atoms with Crippen molar-refractivity contribution in [2.75, 3.05) is 0 Å². The van der Waals surface area contributed by atoms with Crippen molar-refractivity contribution >= 4 is 5.97 Å². The highest BCUT2D eigenvalue weighted by molar-refractivity contribution is 5.68. The maximum atomic E-state index is 10.5. The average molecular weight is 246 g/mol. The van der Waals surface area contributed by atoms with E-state index in [2.05, 4.69) is 16.3 Å². The highest BCUT2D eigenvalue weighted by Crippen LogP contribution is 2.09. The van der Waals surface area contributed by atoms with Crippen LogP contribution in [-0.2, 0) is 24.1 Å². The first-order valence-electron chi connectivity index (χ1n) is 5.72. The van der Waals surface area contributed by atoms with Gasteiger partial charge in [-0.25, -0.2) is 0 Å². The molecule has 0 atom stereocenters. The summed E-state index contributed by atoms with van der Waals surface area (Å²) in [6.07, 6.45) is 1.20. The number of aromatic nitrogens is 2. The molecule has 0 bridgehead atoms. The minimum Gasteiger partial charge on any atom is -0.481 e. The van der Waals surface area contributed by atoms with Crippen LogP contribution in [-0.4, -0.2) is 21.3 Å². The Hall–Kier alpha value is -2.17. The number of hydrogen-bond acceptors (Lipinski definition) is 4. The lowest BCUT2D eigenvalue weighted by molar-refractivity contribution is -0.136. The fourth-order valence-electron chi connectivity index (χ4n) is 1.71. The lowest BCUT2D eigenvalue weighted by atomic mass is 10.1. The Morgan fingerprint density at radius 3 is 2.78 bits per heavy atom. The quantitative estimate of drug-likeness (QED) is 0.870. The van der Waals surface area contributed by atoms with Gasteiger partial charge in [0.05, 0.1) is 0 Å². The molecule has 94 valence electrons. The minimum absolute atomic E-state index is 0.154. The second kappa shape index (κ2) is 5.44. The fourth-order valence-corrected chi connectivity index (χ4v) is 1.71. The summed E-state index contributed by atoms with van der Waals surface area (Å²) in [5.41, 5.74) is 2.41. The van der Waals surface area contributed by atoms with Crippen LogP contribution >= 0.6 is 0 Å². The highest BCUT2D eigenvalue weighted by Gasteiger charge is 2.09. The summed E-state index contributed by atoms with van der Waals surface area (Å²) in [6, 6.07) is 8.20. The molecule has 0 radical (unpaired) electrons. The van der Waals surface area contributed by atoms with E-state index in [1.807, 2.05) is 25.1 Å². The molecular weight excluding hydrogens is 232 g/mol. The summed E-state index contributed by atoms with van der Waals surface area (Å²) in [4.78, 5) is 10.5. The summed E-state index contributed by atoms with van der Waals surface area (Å²) < 4.78 is 5.24. The van der Waals surface area contributed by atoms with Gasteiger partial charge in [-0.3, -0.25) is 4.79 Å². The van der Waals surface area contributed by atoms with Crippen LogP contribution in [0, 0.1) is 6.92 Å². The normalized spacial score (nSPS) is 10.5. The lowest BCUT2D eigenvalue weighted by Gasteiger charge is -1.99. The van der Waals surface area contributed by atoms with Crippen LogP contribution in [0.2, 0.25) is 0 Å². The zero-order valence-electron chi connectivity index (χ0n) is 10.1. The summed E-state index contributed by atoms with van der Waals surface area (Å²) >= 11 is 0. The summed E-state index contributed by atoms with van der Waals surface area (Å²) in [6.45, 7) is 2.04. The molecule has 0 saturated heterocycles. The van der Waals surface area contributed by atoms with E-state index in [0.29, 0.717) is 12.3 Å². The molecule has 0 amide bonds. The maximum Gasteiger partial charge on any atom is 0.312 e. The van der Waals surface area contributed by atoms with Crippen LogP contribution in [0.1, 0.15) is 22.9 Å². The van der Waals surface area contributed by atoms with Gasteiger partial charge in [0.15, 0.2) is 0 Å². The molecule has 5 heteroatoms. The summed E-state index contributed by atoms with van der Waals surface area (Å²) in [7, 11) is 0. The molecule has 0 unspecified atom stereocenters. The molecule has 18 heavy (non-hydrogen) atoms. The monoisotopic (exact) mass is 246 g/mol. The standard InChI is InChI=1S/C13H14N2O3/c1-9-3-2-4-10(7-9)5-6-11-14-15-12(18-11)8-13(16)17/h2-4,7H,5-6,8H2,1H3,(H,16,17). The van der Waals surface area contributed by atoms with E-state index in [9.17, 15) is 4.79 Å². The molecule has 0 spiro atoms. The Morgan fingerprint density at radius 2 is 2.06 bits per heavy atom. The van der Waals surface area contributed by atoms with Crippen LogP contribution in [0.15, 0.2) is 28.7 Å². The molecule has 1 aromatic carbocycles. The molecule has 0 aliphatic rings. The lowest BCUT2D eigenvalue weighted by Crippen LogP contribution is -1.99. The Labute approximate surface area is 104 Å². The van der Waals surface area contributed by atoms with E-state index in [0.717, 1.165) is 6.42 Å². The number of carbonyl (C=O) groups is 1. The van der Waals surface area contributed by atoms with E-state index < -0.39 is 5.97 Å². The van der Waals surface area contributed by atoms with Gasteiger partial charge in [-0.1, -0.05) is 29.8 Å². The third-order valence-corrected chi connectivity index (χ3v) is 2.52. The van der Waals surface area contributed by atoms with E-state index >= 15 is 0 Å². The van der Waals surface area contributed by atoms with Gasteiger partial charge < -0.3 is 9.52 Å². The molecule has 0 saturated carbocycles. The first-order chi connectivity index (χ1) is 8.63. The molecule has 5 nitrogen and oxygen atoms in total. The SMILES string of the molecule is Cc1cccc(CCc2nnc(CC(=O)O)o2)c1. The van der Waals surface area contributed by atoms with Crippen molar-refractivity contribution in [1.82, 2.24) is 10.2 Å². The van der Waals surface area contributed by atoms with Gasteiger partial charge in [0.2, 0.25) is 11.8 Å². The van der Waals surface area contributed by atoms with Crippen LogP contribution in [0.25, 0.3) is 0 Å². The first-order valence-corrected chi connectivity index (χ1v) is 5.72. The molecule has 0 aliphatic heterocycles. The predicted molar refractivity (Wildman–Crippen MR) is 64.2 cm³/mol. The van der Waals surface area contributed by atoms with Crippen molar-refractivity contribution in [3.8, 4) is 0 Å². The van der Waals surface area contributed by atoms with Crippen molar-refractivity contribution < 1.29 is 14.3 Å². The Balaban J connectivity index is 1.94. The Kier molecular flexibility index (Phi) is 3.72. The van der Waals surface area contributed by atoms with E-state index in [1.54, 1.807) is 0 Å². The van der Waals surface area contributed by atoms with Crippen LogP contribution < -0.4 is 0 Å². The highest BCUT2D eigenvalue weighted by atomic mass is 16.4. The van der Waals surface area contributed by atoms with E-state index in [4.69, 9.17) is 9.52 Å². The smallest absolute Gasteiger partial charge is 0.312 e. The van der Waals surface area contributed by atoms with Crippen molar-refractivity contribution in [2.45, 2.75) is 26.2 Å².